The Morgan fingerprint density at radius 1 is 1.50 bits per heavy atom. The zero-order valence-corrected chi connectivity index (χ0v) is 9.88. The first-order chi connectivity index (χ1) is 8.43. The van der Waals surface area contributed by atoms with Crippen LogP contribution < -0.4 is 5.73 Å². The highest BCUT2D eigenvalue weighted by Crippen LogP contribution is 2.12. The molecule has 0 unspecified atom stereocenters. The van der Waals surface area contributed by atoms with Gasteiger partial charge in [-0.15, -0.1) is 0 Å². The molecule has 1 amide bonds. The number of Topliss-reactive ketones (excluding diaryl/α,β-unsaturated/α-hetero) is 1. The zero-order valence-electron chi connectivity index (χ0n) is 9.88. The Morgan fingerprint density at radius 2 is 2.17 bits per heavy atom. The monoisotopic (exact) mass is 254 g/mol. The van der Waals surface area contributed by atoms with Crippen LogP contribution in [0.15, 0.2) is 12.3 Å². The summed E-state index contributed by atoms with van der Waals surface area (Å²) in [6, 6.07) is 1.17. The van der Waals surface area contributed by atoms with E-state index in [1.54, 1.807) is 11.8 Å². The van der Waals surface area contributed by atoms with Gasteiger partial charge in [0, 0.05) is 6.07 Å². The Labute approximate surface area is 103 Å². The van der Waals surface area contributed by atoms with Crippen molar-refractivity contribution < 1.29 is 14.5 Å². The Kier molecular flexibility index (Phi) is 4.55. The van der Waals surface area contributed by atoms with E-state index in [4.69, 9.17) is 5.73 Å². The summed E-state index contributed by atoms with van der Waals surface area (Å²) in [4.78, 5) is 36.5. The van der Waals surface area contributed by atoms with Crippen molar-refractivity contribution in [3.05, 3.63) is 28.1 Å². The number of likely N-dealkylation sites (N-methyl/N-ethyl adjacent to an activating group) is 1. The van der Waals surface area contributed by atoms with Crippen LogP contribution in [0.25, 0.3) is 0 Å². The van der Waals surface area contributed by atoms with Gasteiger partial charge in [-0.05, 0) is 6.54 Å². The van der Waals surface area contributed by atoms with E-state index in [9.17, 15) is 19.7 Å². The lowest BCUT2D eigenvalue weighted by Gasteiger charge is -2.16. The summed E-state index contributed by atoms with van der Waals surface area (Å²) in [6.45, 7) is 2.23. The van der Waals surface area contributed by atoms with Crippen molar-refractivity contribution in [2.45, 2.75) is 6.92 Å². The Hall–Kier alpha value is -2.22. The van der Waals surface area contributed by atoms with Gasteiger partial charge in [0.05, 0.1) is 29.9 Å². The first-order valence-corrected chi connectivity index (χ1v) is 5.30. The van der Waals surface area contributed by atoms with E-state index in [-0.39, 0.29) is 30.3 Å². The molecule has 0 aromatic carbocycles. The fourth-order valence-electron chi connectivity index (χ4n) is 1.44. The van der Waals surface area contributed by atoms with Crippen LogP contribution in [0, 0.1) is 10.1 Å². The molecule has 0 saturated heterocycles. The van der Waals surface area contributed by atoms with Crippen molar-refractivity contribution in [3.63, 3.8) is 0 Å². The maximum atomic E-state index is 11.8. The highest BCUT2D eigenvalue weighted by Gasteiger charge is 2.17. The van der Waals surface area contributed by atoms with Crippen molar-refractivity contribution in [1.82, 2.24) is 9.88 Å². The van der Waals surface area contributed by atoms with Gasteiger partial charge < -0.3 is 10.7 Å². The second-order valence-electron chi connectivity index (χ2n) is 3.72. The number of nitrogens with zero attached hydrogens (tertiary/aromatic N) is 2. The topological polar surface area (TPSA) is 122 Å². The molecule has 8 nitrogen and oxygen atoms in total. The van der Waals surface area contributed by atoms with E-state index in [0.717, 1.165) is 6.20 Å². The molecule has 0 bridgehead atoms. The van der Waals surface area contributed by atoms with Crippen LogP contribution in [-0.2, 0) is 4.79 Å². The molecule has 98 valence electrons. The minimum atomic E-state index is -0.589. The number of amides is 1. The number of nitro groups is 1. The number of hydrogen-bond acceptors (Lipinski definition) is 5. The Bertz CT molecular complexity index is 468. The molecule has 0 saturated carbocycles. The molecule has 0 radical (unpaired) electrons. The summed E-state index contributed by atoms with van der Waals surface area (Å²) in [5.41, 5.74) is 5.01. The number of aromatic nitrogens is 1. The average Bonchev–Trinajstić information content (AvgIpc) is 2.76. The third-order valence-corrected chi connectivity index (χ3v) is 2.37. The van der Waals surface area contributed by atoms with Crippen LogP contribution in [0.1, 0.15) is 17.4 Å². The van der Waals surface area contributed by atoms with Gasteiger partial charge in [-0.2, -0.15) is 0 Å². The molecule has 0 fully saturated rings. The second-order valence-corrected chi connectivity index (χ2v) is 3.72. The minimum absolute atomic E-state index is 0.0168. The van der Waals surface area contributed by atoms with Crippen LogP contribution in [0.3, 0.4) is 0 Å². The smallest absolute Gasteiger partial charge is 0.287 e. The van der Waals surface area contributed by atoms with Crippen molar-refractivity contribution in [2.24, 2.45) is 5.73 Å². The van der Waals surface area contributed by atoms with Crippen LogP contribution in [-0.4, -0.2) is 46.1 Å². The molecule has 0 atom stereocenters. The number of carbonyl (C=O) groups is 2. The third-order valence-electron chi connectivity index (χ3n) is 2.37. The summed E-state index contributed by atoms with van der Waals surface area (Å²) >= 11 is 0. The Balaban J connectivity index is 2.68. The number of primary amides is 1. The van der Waals surface area contributed by atoms with Gasteiger partial charge >= 0.3 is 0 Å². The van der Waals surface area contributed by atoms with Crippen molar-refractivity contribution in [1.29, 1.82) is 0 Å². The van der Waals surface area contributed by atoms with E-state index in [0.29, 0.717) is 6.54 Å². The van der Waals surface area contributed by atoms with Crippen molar-refractivity contribution in [3.8, 4) is 0 Å². The quantitative estimate of drug-likeness (QED) is 0.400. The number of ketones is 1. The Morgan fingerprint density at radius 3 is 2.61 bits per heavy atom. The molecular weight excluding hydrogens is 240 g/mol. The van der Waals surface area contributed by atoms with Gasteiger partial charge in [0.15, 0.2) is 5.78 Å². The van der Waals surface area contributed by atoms with E-state index >= 15 is 0 Å². The fraction of sp³-hybridized carbons (Fsp3) is 0.400. The average molecular weight is 254 g/mol. The molecule has 0 aliphatic heterocycles. The predicted molar refractivity (Wildman–Crippen MR) is 63.1 cm³/mol. The highest BCUT2D eigenvalue weighted by molar-refractivity contribution is 5.96. The van der Waals surface area contributed by atoms with Gasteiger partial charge in [-0.3, -0.25) is 24.6 Å². The van der Waals surface area contributed by atoms with Gasteiger partial charge in [-0.25, -0.2) is 0 Å². The SMILES string of the molecule is CCN(CC(N)=O)CC(=O)c1cc([N+](=O)[O-])c[nH]1. The lowest BCUT2D eigenvalue weighted by molar-refractivity contribution is -0.384. The lowest BCUT2D eigenvalue weighted by atomic mass is 10.2. The number of nitrogens with two attached hydrogens (primary N) is 1. The molecule has 1 heterocycles. The molecule has 18 heavy (non-hydrogen) atoms. The normalized spacial score (nSPS) is 10.6. The summed E-state index contributed by atoms with van der Waals surface area (Å²) in [5.74, 6) is -0.853. The maximum absolute atomic E-state index is 11.8. The summed E-state index contributed by atoms with van der Waals surface area (Å²) in [5, 5.41) is 10.5. The molecule has 0 aliphatic rings. The number of hydrogen-bond donors (Lipinski definition) is 2. The molecule has 0 spiro atoms. The summed E-state index contributed by atoms with van der Waals surface area (Å²) in [7, 11) is 0. The zero-order chi connectivity index (χ0) is 13.7. The third kappa shape index (κ3) is 3.67. The molecule has 3 N–H and O–H groups in total. The van der Waals surface area contributed by atoms with Crippen LogP contribution in [0.2, 0.25) is 0 Å². The van der Waals surface area contributed by atoms with Gasteiger partial charge in [-0.1, -0.05) is 6.92 Å². The summed E-state index contributed by atoms with van der Waals surface area (Å²) < 4.78 is 0. The van der Waals surface area contributed by atoms with Crippen molar-refractivity contribution in [2.75, 3.05) is 19.6 Å². The molecular formula is C10H14N4O4. The molecule has 1 aromatic rings. The van der Waals surface area contributed by atoms with Crippen LogP contribution in [0.5, 0.6) is 0 Å². The second kappa shape index (κ2) is 5.92. The lowest BCUT2D eigenvalue weighted by Crippen LogP contribution is -2.37. The number of aromatic amines is 1. The standard InChI is InChI=1S/C10H14N4O4/c1-2-13(6-10(11)16)5-9(15)8-3-7(4-12-8)14(17)18/h3-4,12H,2,5-6H2,1H3,(H2,11,16). The number of H-pyrrole nitrogens is 1. The van der Waals surface area contributed by atoms with E-state index < -0.39 is 10.8 Å². The van der Waals surface area contributed by atoms with Crippen LogP contribution in [0.4, 0.5) is 5.69 Å². The molecule has 0 aliphatic carbocycles. The van der Waals surface area contributed by atoms with E-state index in [2.05, 4.69) is 4.98 Å². The molecule has 1 aromatic heterocycles. The van der Waals surface area contributed by atoms with Gasteiger partial charge in [0.25, 0.3) is 5.69 Å². The van der Waals surface area contributed by atoms with E-state index in [1.165, 1.54) is 6.07 Å². The first-order valence-electron chi connectivity index (χ1n) is 5.30. The van der Waals surface area contributed by atoms with E-state index in [1.807, 2.05) is 0 Å². The number of rotatable bonds is 7. The molecule has 8 heteroatoms. The number of nitrogens with one attached hydrogen (secondary N) is 1. The molecule has 1 rings (SSSR count). The minimum Gasteiger partial charge on any atom is -0.369 e. The van der Waals surface area contributed by atoms with Gasteiger partial charge in [0.2, 0.25) is 5.91 Å². The predicted octanol–water partition coefficient (Wildman–Crippen LogP) is -0.0872. The van der Waals surface area contributed by atoms with Crippen LogP contribution >= 0.6 is 0 Å². The fourth-order valence-corrected chi connectivity index (χ4v) is 1.44. The first kappa shape index (κ1) is 13.8. The van der Waals surface area contributed by atoms with Gasteiger partial charge in [0.1, 0.15) is 0 Å². The number of carbonyl (C=O) groups excluding carboxylic acids is 2. The summed E-state index contributed by atoms with van der Waals surface area (Å²) in [6.07, 6.45) is 1.15. The largest absolute Gasteiger partial charge is 0.369 e. The maximum Gasteiger partial charge on any atom is 0.287 e. The van der Waals surface area contributed by atoms with Crippen molar-refractivity contribution >= 4 is 17.4 Å². The highest BCUT2D eigenvalue weighted by atomic mass is 16.6.